The maximum atomic E-state index is 13.0. The fourth-order valence-electron chi connectivity index (χ4n) is 3.51. The second kappa shape index (κ2) is 7.98. The van der Waals surface area contributed by atoms with Crippen LogP contribution in [0, 0.1) is 0 Å². The van der Waals surface area contributed by atoms with Gasteiger partial charge in [0, 0.05) is 37.4 Å². The topological polar surface area (TPSA) is 89.8 Å². The zero-order valence-corrected chi connectivity index (χ0v) is 16.6. The van der Waals surface area contributed by atoms with E-state index < -0.39 is 5.79 Å². The van der Waals surface area contributed by atoms with Gasteiger partial charge >= 0.3 is 0 Å². The summed E-state index contributed by atoms with van der Waals surface area (Å²) in [4.78, 5) is 33.2. The van der Waals surface area contributed by atoms with Crippen LogP contribution in [-0.2, 0) is 16.0 Å². The predicted molar refractivity (Wildman–Crippen MR) is 101 cm³/mol. The predicted octanol–water partition coefficient (Wildman–Crippen LogP) is 1.09. The molecule has 10 heteroatoms. The number of amides is 2. The third kappa shape index (κ3) is 3.80. The highest BCUT2D eigenvalue weighted by Crippen LogP contribution is 2.26. The van der Waals surface area contributed by atoms with E-state index in [1.807, 2.05) is 6.92 Å². The average molecular weight is 405 g/mol. The molecule has 2 fully saturated rings. The molecule has 0 N–H and O–H groups in total. The van der Waals surface area contributed by atoms with Crippen LogP contribution in [0.4, 0.5) is 0 Å². The highest BCUT2D eigenvalue weighted by molar-refractivity contribution is 7.11. The molecule has 1 unspecified atom stereocenters. The molecule has 0 radical (unpaired) electrons. The number of aromatic nitrogens is 3. The highest BCUT2D eigenvalue weighted by Gasteiger charge is 2.43. The Labute approximate surface area is 166 Å². The highest BCUT2D eigenvalue weighted by atomic mass is 32.1. The minimum atomic E-state index is -1.02. The lowest BCUT2D eigenvalue weighted by Gasteiger charge is -2.42. The summed E-state index contributed by atoms with van der Waals surface area (Å²) in [5, 5.41) is 6.42. The van der Waals surface area contributed by atoms with Crippen LogP contribution in [0.15, 0.2) is 24.0 Å². The largest absolute Gasteiger partial charge is 0.347 e. The Bertz CT molecular complexity index is 839. The fraction of sp³-hybridized carbons (Fsp3) is 0.556. The molecule has 2 aliphatic rings. The van der Waals surface area contributed by atoms with Crippen LogP contribution in [0.5, 0.6) is 0 Å². The van der Waals surface area contributed by atoms with Crippen molar-refractivity contribution in [1.29, 1.82) is 0 Å². The van der Waals surface area contributed by atoms with Crippen molar-refractivity contribution < 1.29 is 19.1 Å². The maximum absolute atomic E-state index is 13.0. The van der Waals surface area contributed by atoms with Crippen molar-refractivity contribution in [3.8, 4) is 0 Å². The van der Waals surface area contributed by atoms with E-state index in [1.165, 1.54) is 11.3 Å². The SMILES string of the molecule is CCn1cc(C(=O)N2CCCOC3(C2)CN(C(=O)c2nccs2)CCO3)cn1. The van der Waals surface area contributed by atoms with Crippen molar-refractivity contribution in [3.05, 3.63) is 34.5 Å². The minimum absolute atomic E-state index is 0.100. The Hall–Kier alpha value is -2.30. The van der Waals surface area contributed by atoms with E-state index in [1.54, 1.807) is 38.5 Å². The van der Waals surface area contributed by atoms with Crippen molar-refractivity contribution in [2.75, 3.05) is 39.4 Å². The third-order valence-electron chi connectivity index (χ3n) is 4.92. The van der Waals surface area contributed by atoms with Gasteiger partial charge in [0.25, 0.3) is 11.8 Å². The molecule has 4 heterocycles. The van der Waals surface area contributed by atoms with Crippen molar-refractivity contribution in [2.45, 2.75) is 25.7 Å². The number of hydrogen-bond acceptors (Lipinski definition) is 7. The lowest BCUT2D eigenvalue weighted by atomic mass is 10.1. The monoisotopic (exact) mass is 405 g/mol. The number of carbonyl (C=O) groups excluding carboxylic acids is 2. The summed E-state index contributed by atoms with van der Waals surface area (Å²) in [6.45, 7) is 5.08. The zero-order valence-electron chi connectivity index (χ0n) is 15.7. The van der Waals surface area contributed by atoms with E-state index in [-0.39, 0.29) is 24.9 Å². The van der Waals surface area contributed by atoms with Gasteiger partial charge in [-0.3, -0.25) is 14.3 Å². The average Bonchev–Trinajstić information content (AvgIpc) is 3.38. The molecule has 1 atom stereocenters. The summed E-state index contributed by atoms with van der Waals surface area (Å²) in [5.74, 6) is -1.25. The number of morpholine rings is 1. The minimum Gasteiger partial charge on any atom is -0.347 e. The molecule has 4 rings (SSSR count). The molecular formula is C18H23N5O4S. The zero-order chi connectivity index (χ0) is 19.6. The molecule has 0 saturated carbocycles. The van der Waals surface area contributed by atoms with E-state index in [9.17, 15) is 9.59 Å². The van der Waals surface area contributed by atoms with Crippen LogP contribution in [0.25, 0.3) is 0 Å². The summed E-state index contributed by atoms with van der Waals surface area (Å²) in [6, 6.07) is 0. The second-order valence-electron chi connectivity index (χ2n) is 6.84. The van der Waals surface area contributed by atoms with Crippen LogP contribution in [0.3, 0.4) is 0 Å². The van der Waals surface area contributed by atoms with Crippen molar-refractivity contribution in [3.63, 3.8) is 0 Å². The van der Waals surface area contributed by atoms with Crippen LogP contribution in [0.2, 0.25) is 0 Å². The van der Waals surface area contributed by atoms with Crippen LogP contribution in [-0.4, -0.2) is 81.6 Å². The molecule has 2 amide bonds. The van der Waals surface area contributed by atoms with Gasteiger partial charge in [0.2, 0.25) is 5.79 Å². The first-order valence-corrected chi connectivity index (χ1v) is 10.3. The van der Waals surface area contributed by atoms with Gasteiger partial charge in [0.05, 0.1) is 38.1 Å². The van der Waals surface area contributed by atoms with Gasteiger partial charge in [-0.25, -0.2) is 4.98 Å². The Morgan fingerprint density at radius 2 is 1.96 bits per heavy atom. The first kappa shape index (κ1) is 19.0. The smallest absolute Gasteiger partial charge is 0.283 e. The van der Waals surface area contributed by atoms with Crippen molar-refractivity contribution in [1.82, 2.24) is 24.6 Å². The first-order valence-electron chi connectivity index (χ1n) is 9.39. The lowest BCUT2D eigenvalue weighted by molar-refractivity contribution is -0.258. The van der Waals surface area contributed by atoms with Gasteiger partial charge in [0.15, 0.2) is 5.01 Å². The molecule has 150 valence electrons. The third-order valence-corrected chi connectivity index (χ3v) is 5.68. The van der Waals surface area contributed by atoms with Gasteiger partial charge in [-0.2, -0.15) is 5.10 Å². The molecule has 2 aromatic rings. The van der Waals surface area contributed by atoms with Gasteiger partial charge in [0.1, 0.15) is 0 Å². The molecule has 2 aliphatic heterocycles. The molecule has 0 bridgehead atoms. The van der Waals surface area contributed by atoms with E-state index in [2.05, 4.69) is 10.1 Å². The van der Waals surface area contributed by atoms with Crippen LogP contribution >= 0.6 is 11.3 Å². The Kier molecular flexibility index (Phi) is 5.42. The number of aryl methyl sites for hydroxylation is 1. The Balaban J connectivity index is 1.51. The number of nitrogens with zero attached hydrogens (tertiary/aromatic N) is 5. The van der Waals surface area contributed by atoms with Gasteiger partial charge in [-0.1, -0.05) is 0 Å². The summed E-state index contributed by atoms with van der Waals surface area (Å²) in [6.07, 6.45) is 5.66. The van der Waals surface area contributed by atoms with Crippen LogP contribution in [0.1, 0.15) is 33.5 Å². The van der Waals surface area contributed by atoms with E-state index in [4.69, 9.17) is 9.47 Å². The molecule has 28 heavy (non-hydrogen) atoms. The standard InChI is InChI=1S/C18H23N5O4S/c1-2-23-11-14(10-20-23)16(24)21-5-3-7-26-18(12-21)13-22(6-8-27-18)17(25)15-19-4-9-28-15/h4,9-11H,2-3,5-8,12-13H2,1H3. The summed E-state index contributed by atoms with van der Waals surface area (Å²) < 4.78 is 13.7. The van der Waals surface area contributed by atoms with Gasteiger partial charge in [-0.05, 0) is 13.3 Å². The maximum Gasteiger partial charge on any atom is 0.283 e. The molecule has 1 spiro atoms. The Morgan fingerprint density at radius 1 is 1.18 bits per heavy atom. The molecule has 2 aromatic heterocycles. The number of ether oxygens (including phenoxy) is 2. The number of carbonyl (C=O) groups is 2. The fourth-order valence-corrected chi connectivity index (χ4v) is 4.11. The summed E-state index contributed by atoms with van der Waals surface area (Å²) >= 11 is 1.31. The van der Waals surface area contributed by atoms with E-state index in [0.717, 1.165) is 0 Å². The lowest BCUT2D eigenvalue weighted by Crippen LogP contribution is -2.59. The molecule has 0 aliphatic carbocycles. The summed E-state index contributed by atoms with van der Waals surface area (Å²) in [5.41, 5.74) is 0.547. The quantitative estimate of drug-likeness (QED) is 0.759. The number of hydrogen-bond donors (Lipinski definition) is 0. The molecule has 9 nitrogen and oxygen atoms in total. The Morgan fingerprint density at radius 3 is 2.68 bits per heavy atom. The molecular weight excluding hydrogens is 382 g/mol. The molecule has 0 aromatic carbocycles. The number of thiazole rings is 1. The molecule has 2 saturated heterocycles. The van der Waals surface area contributed by atoms with Gasteiger partial charge < -0.3 is 19.3 Å². The summed E-state index contributed by atoms with van der Waals surface area (Å²) in [7, 11) is 0. The van der Waals surface area contributed by atoms with Gasteiger partial charge in [-0.15, -0.1) is 11.3 Å². The van der Waals surface area contributed by atoms with Crippen molar-refractivity contribution >= 4 is 23.2 Å². The number of rotatable bonds is 3. The van der Waals surface area contributed by atoms with E-state index >= 15 is 0 Å². The normalized spacial score (nSPS) is 23.0. The van der Waals surface area contributed by atoms with Crippen molar-refractivity contribution in [2.24, 2.45) is 0 Å². The van der Waals surface area contributed by atoms with E-state index in [0.29, 0.717) is 49.8 Å². The van der Waals surface area contributed by atoms with Crippen LogP contribution < -0.4 is 0 Å². The first-order chi connectivity index (χ1) is 13.6. The second-order valence-corrected chi connectivity index (χ2v) is 7.73.